The van der Waals surface area contributed by atoms with Gasteiger partial charge in [0.1, 0.15) is 18.1 Å². The van der Waals surface area contributed by atoms with Crippen molar-refractivity contribution in [2.45, 2.75) is 36.6 Å². The van der Waals surface area contributed by atoms with Crippen LogP contribution in [0.15, 0.2) is 94.7 Å². The van der Waals surface area contributed by atoms with Crippen LogP contribution in [0.2, 0.25) is 0 Å². The molecule has 0 amide bonds. The first-order chi connectivity index (χ1) is 18.4. The number of methoxy groups -OCH3 is 1. The molecule has 3 aromatic carbocycles. The predicted octanol–water partition coefficient (Wildman–Crippen LogP) is 5.05. The summed E-state index contributed by atoms with van der Waals surface area (Å²) in [5, 5.41) is 0. The molecule has 3 aromatic rings. The fourth-order valence-corrected chi connectivity index (χ4v) is 8.36. The molecule has 1 saturated heterocycles. The minimum Gasteiger partial charge on any atom is -0.497 e. The largest absolute Gasteiger partial charge is 0.497 e. The zero-order valence-corrected chi connectivity index (χ0v) is 24.3. The van der Waals surface area contributed by atoms with E-state index in [0.29, 0.717) is 11.5 Å². The Kier molecular flexibility index (Phi) is 8.54. The first-order valence-corrected chi connectivity index (χ1v) is 15.8. The van der Waals surface area contributed by atoms with Crippen LogP contribution in [0.5, 0.6) is 11.5 Å². The average molecular weight is 570 g/mol. The number of hydrogen-bond donors (Lipinski definition) is 0. The highest BCUT2D eigenvalue weighted by Gasteiger charge is 2.49. The van der Waals surface area contributed by atoms with Crippen LogP contribution in [0.3, 0.4) is 0 Å². The van der Waals surface area contributed by atoms with Gasteiger partial charge in [0.25, 0.3) is 0 Å². The first kappa shape index (κ1) is 28.9. The molecule has 1 heterocycles. The molecule has 0 saturated carbocycles. The Balaban J connectivity index is 1.73. The molecule has 0 aliphatic carbocycles. The van der Waals surface area contributed by atoms with E-state index in [9.17, 15) is 16.8 Å². The SMILES string of the molecule is C=C(C)[C@H]1CN(S(=O)(=O)c2ccc(C)cc2)[C@H](COc2ccc(OC)cc2)[C@H]1CS(=O)(=O)c1ccc(C)cc1. The molecule has 1 aliphatic rings. The highest BCUT2D eigenvalue weighted by molar-refractivity contribution is 7.91. The van der Waals surface area contributed by atoms with Gasteiger partial charge in [-0.2, -0.15) is 4.31 Å². The second-order valence-corrected chi connectivity index (χ2v) is 14.1. The predicted molar refractivity (Wildman–Crippen MR) is 152 cm³/mol. The lowest BCUT2D eigenvalue weighted by atomic mass is 9.88. The van der Waals surface area contributed by atoms with Gasteiger partial charge < -0.3 is 9.47 Å². The van der Waals surface area contributed by atoms with Gasteiger partial charge in [0.15, 0.2) is 9.84 Å². The normalized spacial score (nSPS) is 20.1. The highest BCUT2D eigenvalue weighted by Crippen LogP contribution is 2.40. The molecule has 39 heavy (non-hydrogen) atoms. The van der Waals surface area contributed by atoms with Gasteiger partial charge in [0.05, 0.1) is 28.7 Å². The van der Waals surface area contributed by atoms with Crippen molar-refractivity contribution in [3.63, 3.8) is 0 Å². The molecular formula is C30H35NO6S2. The standard InChI is InChI=1S/C30H35NO6S2/c1-21(2)28-18-31(39(34,35)27-16-8-23(4)9-17-27)30(19-37-25-12-10-24(36-5)11-13-25)29(28)20-38(32,33)26-14-6-22(3)7-15-26/h6-17,28-30H,1,18-20H2,2-5H3/t28-,29+,30-/m1/s1. The first-order valence-electron chi connectivity index (χ1n) is 12.7. The topological polar surface area (TPSA) is 90.0 Å². The Morgan fingerprint density at radius 3 is 1.87 bits per heavy atom. The zero-order valence-electron chi connectivity index (χ0n) is 22.7. The van der Waals surface area contributed by atoms with Crippen molar-refractivity contribution in [2.24, 2.45) is 11.8 Å². The summed E-state index contributed by atoms with van der Waals surface area (Å²) in [4.78, 5) is 0.369. The number of rotatable bonds is 10. The van der Waals surface area contributed by atoms with Crippen molar-refractivity contribution in [1.82, 2.24) is 4.31 Å². The van der Waals surface area contributed by atoms with E-state index in [1.165, 1.54) is 4.31 Å². The van der Waals surface area contributed by atoms with Crippen LogP contribution in [-0.2, 0) is 19.9 Å². The van der Waals surface area contributed by atoms with E-state index in [1.54, 1.807) is 79.9 Å². The van der Waals surface area contributed by atoms with Crippen molar-refractivity contribution in [2.75, 3.05) is 26.0 Å². The maximum atomic E-state index is 13.9. The van der Waals surface area contributed by atoms with E-state index in [2.05, 4.69) is 6.58 Å². The van der Waals surface area contributed by atoms with Crippen LogP contribution in [0.1, 0.15) is 18.1 Å². The quantitative estimate of drug-likeness (QED) is 0.318. The van der Waals surface area contributed by atoms with Gasteiger partial charge in [-0.05, 0) is 75.2 Å². The van der Waals surface area contributed by atoms with Crippen LogP contribution in [0, 0.1) is 25.7 Å². The fraction of sp³-hybridized carbons (Fsp3) is 0.333. The number of sulfone groups is 1. The fourth-order valence-electron chi connectivity index (χ4n) is 4.97. The minimum absolute atomic E-state index is 0.0186. The van der Waals surface area contributed by atoms with Crippen molar-refractivity contribution in [3.05, 3.63) is 96.1 Å². The minimum atomic E-state index is -3.95. The van der Waals surface area contributed by atoms with Gasteiger partial charge in [-0.15, -0.1) is 0 Å². The van der Waals surface area contributed by atoms with Crippen molar-refractivity contribution < 1.29 is 26.3 Å². The summed E-state index contributed by atoms with van der Waals surface area (Å²) in [5.41, 5.74) is 2.63. The summed E-state index contributed by atoms with van der Waals surface area (Å²) < 4.78 is 67.6. The molecule has 0 radical (unpaired) electrons. The van der Waals surface area contributed by atoms with Gasteiger partial charge in [0, 0.05) is 12.5 Å². The smallest absolute Gasteiger partial charge is 0.243 e. The Hall–Kier alpha value is -3.14. The summed E-state index contributed by atoms with van der Waals surface area (Å²) in [6.07, 6.45) is 0. The maximum absolute atomic E-state index is 13.9. The third-order valence-electron chi connectivity index (χ3n) is 7.29. The van der Waals surface area contributed by atoms with Gasteiger partial charge in [-0.25, -0.2) is 16.8 Å². The van der Waals surface area contributed by atoms with E-state index in [4.69, 9.17) is 9.47 Å². The van der Waals surface area contributed by atoms with Crippen LogP contribution < -0.4 is 9.47 Å². The van der Waals surface area contributed by atoms with Crippen molar-refractivity contribution in [3.8, 4) is 11.5 Å². The summed E-state index contributed by atoms with van der Waals surface area (Å²) >= 11 is 0. The Bertz CT molecular complexity index is 1510. The Labute approximate surface area is 232 Å². The molecular weight excluding hydrogens is 534 g/mol. The van der Waals surface area contributed by atoms with Gasteiger partial charge in [0.2, 0.25) is 10.0 Å². The summed E-state index contributed by atoms with van der Waals surface area (Å²) in [5.74, 6) is 0.0326. The molecule has 0 unspecified atom stereocenters. The van der Waals surface area contributed by atoms with Crippen LogP contribution >= 0.6 is 0 Å². The Morgan fingerprint density at radius 1 is 0.846 bits per heavy atom. The summed E-state index contributed by atoms with van der Waals surface area (Å²) in [6, 6.07) is 19.6. The third-order valence-corrected chi connectivity index (χ3v) is 11.0. The van der Waals surface area contributed by atoms with E-state index >= 15 is 0 Å². The number of hydrogen-bond acceptors (Lipinski definition) is 6. The van der Waals surface area contributed by atoms with Crippen molar-refractivity contribution >= 4 is 19.9 Å². The van der Waals surface area contributed by atoms with Gasteiger partial charge in [-0.3, -0.25) is 0 Å². The number of benzene rings is 3. The van der Waals surface area contributed by atoms with Crippen LogP contribution in [0.25, 0.3) is 0 Å². The van der Waals surface area contributed by atoms with E-state index in [0.717, 1.165) is 16.7 Å². The van der Waals surface area contributed by atoms with Crippen molar-refractivity contribution in [1.29, 1.82) is 0 Å². The van der Waals surface area contributed by atoms with Gasteiger partial charge >= 0.3 is 0 Å². The number of aryl methyl sites for hydroxylation is 2. The third kappa shape index (κ3) is 6.37. The second-order valence-electron chi connectivity index (χ2n) is 10.2. The molecule has 1 aliphatic heterocycles. The Morgan fingerprint density at radius 2 is 1.36 bits per heavy atom. The molecule has 1 fully saturated rings. The number of sulfonamides is 1. The lowest BCUT2D eigenvalue weighted by Crippen LogP contribution is -2.43. The molecule has 7 nitrogen and oxygen atoms in total. The van der Waals surface area contributed by atoms with E-state index in [-0.39, 0.29) is 34.6 Å². The molecule has 3 atom stereocenters. The molecule has 208 valence electrons. The van der Waals surface area contributed by atoms with Crippen LogP contribution in [-0.4, -0.2) is 53.2 Å². The molecule has 0 N–H and O–H groups in total. The molecule has 0 bridgehead atoms. The molecule has 4 rings (SSSR count). The average Bonchev–Trinajstić information content (AvgIpc) is 3.26. The second kappa shape index (κ2) is 11.5. The lowest BCUT2D eigenvalue weighted by molar-refractivity contribution is 0.207. The molecule has 0 aromatic heterocycles. The molecule has 9 heteroatoms. The zero-order chi connectivity index (χ0) is 28.4. The highest BCUT2D eigenvalue weighted by atomic mass is 32.2. The summed E-state index contributed by atoms with van der Waals surface area (Å²) in [6.45, 7) is 9.81. The monoisotopic (exact) mass is 569 g/mol. The number of nitrogens with zero attached hydrogens (tertiary/aromatic N) is 1. The maximum Gasteiger partial charge on any atom is 0.243 e. The number of ether oxygens (including phenoxy) is 2. The van der Waals surface area contributed by atoms with E-state index < -0.39 is 31.8 Å². The lowest BCUT2D eigenvalue weighted by Gasteiger charge is -2.28. The van der Waals surface area contributed by atoms with E-state index in [1.807, 2.05) is 20.8 Å². The summed E-state index contributed by atoms with van der Waals surface area (Å²) in [7, 11) is -6.10. The van der Waals surface area contributed by atoms with Crippen LogP contribution in [0.4, 0.5) is 0 Å². The molecule has 0 spiro atoms. The van der Waals surface area contributed by atoms with Gasteiger partial charge in [-0.1, -0.05) is 47.5 Å².